The Bertz CT molecular complexity index is 298. The highest BCUT2D eigenvalue weighted by molar-refractivity contribution is 7.10. The van der Waals surface area contributed by atoms with Crippen LogP contribution in [0.25, 0.3) is 0 Å². The molecule has 0 saturated carbocycles. The Balaban J connectivity index is 1.96. The van der Waals surface area contributed by atoms with Crippen LogP contribution in [0.1, 0.15) is 25.1 Å². The number of hydrogen-bond acceptors (Lipinski definition) is 3. The normalized spacial score (nSPS) is 19.6. The van der Waals surface area contributed by atoms with Gasteiger partial charge in [0.2, 0.25) is 0 Å². The summed E-state index contributed by atoms with van der Waals surface area (Å²) in [6.45, 7) is 10.6. The highest BCUT2D eigenvalue weighted by atomic mass is 32.1. The summed E-state index contributed by atoms with van der Waals surface area (Å²) in [5, 5.41) is 5.64. The van der Waals surface area contributed by atoms with Gasteiger partial charge in [0, 0.05) is 29.9 Å². The smallest absolute Gasteiger partial charge is 0.0118 e. The zero-order chi connectivity index (χ0) is 11.4. The van der Waals surface area contributed by atoms with E-state index >= 15 is 0 Å². The number of nitrogens with one attached hydrogen (secondary N) is 1. The molecule has 0 unspecified atom stereocenters. The molecule has 1 saturated heterocycles. The highest BCUT2D eigenvalue weighted by Crippen LogP contribution is 2.28. The molecule has 1 aromatic rings. The maximum absolute atomic E-state index is 3.46. The van der Waals surface area contributed by atoms with Crippen LogP contribution >= 0.6 is 11.3 Å². The molecule has 90 valence electrons. The van der Waals surface area contributed by atoms with Crippen molar-refractivity contribution < 1.29 is 0 Å². The Morgan fingerprint density at radius 1 is 1.38 bits per heavy atom. The number of nitrogens with zero attached hydrogens (tertiary/aromatic N) is 1. The van der Waals surface area contributed by atoms with E-state index in [4.69, 9.17) is 0 Å². The summed E-state index contributed by atoms with van der Waals surface area (Å²) in [6.07, 6.45) is 1.28. The minimum absolute atomic E-state index is 0.290. The van der Waals surface area contributed by atoms with Gasteiger partial charge in [-0.15, -0.1) is 11.3 Å². The molecular formula is C13H22N2S. The van der Waals surface area contributed by atoms with Crippen molar-refractivity contribution in [1.82, 2.24) is 10.2 Å². The summed E-state index contributed by atoms with van der Waals surface area (Å²) in [4.78, 5) is 4.10. The first-order chi connectivity index (χ1) is 7.68. The Hall–Kier alpha value is -0.380. The summed E-state index contributed by atoms with van der Waals surface area (Å²) in [7, 11) is 0. The van der Waals surface area contributed by atoms with Crippen molar-refractivity contribution in [2.24, 2.45) is 0 Å². The van der Waals surface area contributed by atoms with Crippen LogP contribution in [-0.4, -0.2) is 37.6 Å². The third-order valence-electron chi connectivity index (χ3n) is 3.24. The van der Waals surface area contributed by atoms with Crippen LogP contribution in [0.3, 0.4) is 0 Å². The van der Waals surface area contributed by atoms with Crippen LogP contribution < -0.4 is 5.32 Å². The average Bonchev–Trinajstić information content (AvgIpc) is 2.67. The molecule has 0 atom stereocenters. The Kier molecular flexibility index (Phi) is 4.00. The van der Waals surface area contributed by atoms with Gasteiger partial charge in [0.1, 0.15) is 0 Å². The lowest BCUT2D eigenvalue weighted by Crippen LogP contribution is -2.38. The first-order valence-corrected chi connectivity index (χ1v) is 7.03. The number of thiophene rings is 1. The minimum Gasteiger partial charge on any atom is -0.315 e. The van der Waals surface area contributed by atoms with Crippen molar-refractivity contribution in [2.75, 3.05) is 32.7 Å². The molecule has 1 aromatic heterocycles. The molecule has 2 heterocycles. The zero-order valence-electron chi connectivity index (χ0n) is 10.3. The maximum atomic E-state index is 3.46. The molecule has 0 aromatic carbocycles. The van der Waals surface area contributed by atoms with Crippen molar-refractivity contribution in [3.05, 3.63) is 22.4 Å². The summed E-state index contributed by atoms with van der Waals surface area (Å²) in [5.41, 5.74) is 0.290. The fourth-order valence-electron chi connectivity index (χ4n) is 2.36. The predicted octanol–water partition coefficient (Wildman–Crippen LogP) is 2.32. The van der Waals surface area contributed by atoms with E-state index < -0.39 is 0 Å². The van der Waals surface area contributed by atoms with Crippen molar-refractivity contribution in [3.8, 4) is 0 Å². The van der Waals surface area contributed by atoms with Gasteiger partial charge in [-0.05, 0) is 31.0 Å². The van der Waals surface area contributed by atoms with E-state index in [0.717, 1.165) is 6.54 Å². The molecular weight excluding hydrogens is 216 g/mol. The molecule has 3 heteroatoms. The van der Waals surface area contributed by atoms with Gasteiger partial charge in [0.05, 0.1) is 0 Å². The van der Waals surface area contributed by atoms with Gasteiger partial charge in [-0.25, -0.2) is 0 Å². The monoisotopic (exact) mass is 238 g/mol. The third-order valence-corrected chi connectivity index (χ3v) is 4.48. The molecule has 0 amide bonds. The van der Waals surface area contributed by atoms with Crippen LogP contribution in [0.2, 0.25) is 0 Å². The van der Waals surface area contributed by atoms with Gasteiger partial charge in [0.25, 0.3) is 0 Å². The van der Waals surface area contributed by atoms with E-state index in [9.17, 15) is 0 Å². The van der Waals surface area contributed by atoms with E-state index in [1.165, 1.54) is 37.5 Å². The van der Waals surface area contributed by atoms with Crippen LogP contribution in [0.5, 0.6) is 0 Å². The lowest BCUT2D eigenvalue weighted by atomic mass is 9.90. The summed E-state index contributed by atoms with van der Waals surface area (Å²) in [5.74, 6) is 0. The largest absolute Gasteiger partial charge is 0.315 e. The van der Waals surface area contributed by atoms with Crippen molar-refractivity contribution >= 4 is 11.3 Å². The van der Waals surface area contributed by atoms with E-state index in [-0.39, 0.29) is 0 Å². The van der Waals surface area contributed by atoms with Gasteiger partial charge in [-0.2, -0.15) is 0 Å². The predicted molar refractivity (Wildman–Crippen MR) is 71.3 cm³/mol. The van der Waals surface area contributed by atoms with Crippen LogP contribution in [-0.2, 0) is 5.41 Å². The molecule has 0 spiro atoms. The second-order valence-electron chi connectivity index (χ2n) is 5.24. The maximum Gasteiger partial charge on any atom is 0.0118 e. The Morgan fingerprint density at radius 3 is 3.00 bits per heavy atom. The van der Waals surface area contributed by atoms with Gasteiger partial charge in [-0.1, -0.05) is 19.9 Å². The fourth-order valence-corrected chi connectivity index (χ4v) is 3.20. The second-order valence-corrected chi connectivity index (χ2v) is 6.19. The Labute approximate surface area is 103 Å². The lowest BCUT2D eigenvalue weighted by Gasteiger charge is -2.31. The first kappa shape index (κ1) is 12.1. The topological polar surface area (TPSA) is 15.3 Å². The van der Waals surface area contributed by atoms with Crippen molar-refractivity contribution in [3.63, 3.8) is 0 Å². The molecule has 0 radical (unpaired) electrons. The van der Waals surface area contributed by atoms with Gasteiger partial charge in [0.15, 0.2) is 0 Å². The molecule has 2 nitrogen and oxygen atoms in total. The molecule has 0 bridgehead atoms. The minimum atomic E-state index is 0.290. The lowest BCUT2D eigenvalue weighted by molar-refractivity contribution is 0.239. The molecule has 0 aliphatic carbocycles. The van der Waals surface area contributed by atoms with Gasteiger partial charge < -0.3 is 10.2 Å². The van der Waals surface area contributed by atoms with Crippen LogP contribution in [0, 0.1) is 0 Å². The standard InChI is InChI=1S/C13H22N2S/c1-13(2,12-5-3-10-16-12)11-15-8-4-6-14-7-9-15/h3,5,10,14H,4,6-9,11H2,1-2H3. The number of hydrogen-bond donors (Lipinski definition) is 1. The average molecular weight is 238 g/mol. The van der Waals surface area contributed by atoms with E-state index in [0.29, 0.717) is 5.41 Å². The quantitative estimate of drug-likeness (QED) is 0.869. The van der Waals surface area contributed by atoms with Crippen LogP contribution in [0.4, 0.5) is 0 Å². The molecule has 1 aliphatic heterocycles. The SMILES string of the molecule is CC(C)(CN1CCCNCC1)c1cccs1. The van der Waals surface area contributed by atoms with Gasteiger partial charge in [-0.3, -0.25) is 0 Å². The number of rotatable bonds is 3. The summed E-state index contributed by atoms with van der Waals surface area (Å²) >= 11 is 1.88. The fraction of sp³-hybridized carbons (Fsp3) is 0.692. The van der Waals surface area contributed by atoms with E-state index in [1.807, 2.05) is 11.3 Å². The summed E-state index contributed by atoms with van der Waals surface area (Å²) in [6, 6.07) is 4.42. The van der Waals surface area contributed by atoms with Crippen LogP contribution in [0.15, 0.2) is 17.5 Å². The Morgan fingerprint density at radius 2 is 2.25 bits per heavy atom. The third kappa shape index (κ3) is 3.06. The van der Waals surface area contributed by atoms with E-state index in [2.05, 4.69) is 41.6 Å². The van der Waals surface area contributed by atoms with Gasteiger partial charge >= 0.3 is 0 Å². The first-order valence-electron chi connectivity index (χ1n) is 6.15. The summed E-state index contributed by atoms with van der Waals surface area (Å²) < 4.78 is 0. The van der Waals surface area contributed by atoms with E-state index in [1.54, 1.807) is 0 Å². The molecule has 16 heavy (non-hydrogen) atoms. The molecule has 2 rings (SSSR count). The van der Waals surface area contributed by atoms with Crippen molar-refractivity contribution in [2.45, 2.75) is 25.7 Å². The van der Waals surface area contributed by atoms with Crippen molar-refractivity contribution in [1.29, 1.82) is 0 Å². The highest BCUT2D eigenvalue weighted by Gasteiger charge is 2.25. The zero-order valence-corrected chi connectivity index (χ0v) is 11.1. The molecule has 1 fully saturated rings. The molecule has 1 aliphatic rings. The second kappa shape index (κ2) is 5.30. The molecule has 1 N–H and O–H groups in total.